The summed E-state index contributed by atoms with van der Waals surface area (Å²) >= 11 is 3.09. The summed E-state index contributed by atoms with van der Waals surface area (Å²) in [7, 11) is 0. The predicted octanol–water partition coefficient (Wildman–Crippen LogP) is 10.4. The van der Waals surface area contributed by atoms with Gasteiger partial charge >= 0.3 is 11.3 Å². The van der Waals surface area contributed by atoms with Gasteiger partial charge in [0.25, 0.3) is 0 Å². The molecule has 0 fully saturated rings. The zero-order chi connectivity index (χ0) is 31.1. The number of hydrogen-bond donors (Lipinski definition) is 0. The third-order valence-electron chi connectivity index (χ3n) is 8.48. The first-order valence-corrected chi connectivity index (χ1v) is 17.1. The molecule has 0 aliphatic heterocycles. The van der Waals surface area contributed by atoms with Crippen LogP contribution in [-0.2, 0) is 6.42 Å². The smallest absolute Gasteiger partial charge is 0.345 e. The Morgan fingerprint density at radius 2 is 1.29 bits per heavy atom. The Morgan fingerprint density at radius 1 is 0.644 bits per heavy atom. The SMILES string of the molecule is CCCCc1cccc2c1ccc1cc(-c3ccc(-c4ccc(-c5cc6ccc(N(CC)CC)cc6oc5=O)s4)s3)c(=O)oc12. The zero-order valence-corrected chi connectivity index (χ0v) is 27.1. The predicted molar refractivity (Wildman–Crippen MR) is 190 cm³/mol. The van der Waals surface area contributed by atoms with Crippen LogP contribution >= 0.6 is 22.7 Å². The summed E-state index contributed by atoms with van der Waals surface area (Å²) in [5, 5.41) is 3.92. The van der Waals surface area contributed by atoms with E-state index in [0.717, 1.165) is 79.1 Å². The third-order valence-corrected chi connectivity index (χ3v) is 10.9. The fourth-order valence-corrected chi connectivity index (χ4v) is 8.16. The second-order valence-corrected chi connectivity index (χ2v) is 13.4. The van der Waals surface area contributed by atoms with Crippen LogP contribution in [0, 0.1) is 0 Å². The molecule has 3 aromatic carbocycles. The molecule has 0 aliphatic rings. The van der Waals surface area contributed by atoms with Crippen molar-refractivity contribution in [3.05, 3.63) is 111 Å². The lowest BCUT2D eigenvalue weighted by molar-refractivity contribution is 0.563. The summed E-state index contributed by atoms with van der Waals surface area (Å²) in [5.74, 6) is 0. The van der Waals surface area contributed by atoms with Gasteiger partial charge in [-0.15, -0.1) is 22.7 Å². The largest absolute Gasteiger partial charge is 0.422 e. The van der Waals surface area contributed by atoms with Gasteiger partial charge in [-0.2, -0.15) is 0 Å². The van der Waals surface area contributed by atoms with Crippen molar-refractivity contribution in [2.45, 2.75) is 40.0 Å². The summed E-state index contributed by atoms with van der Waals surface area (Å²) in [4.78, 5) is 32.3. The molecule has 7 aromatic rings. The average Bonchev–Trinajstić information content (AvgIpc) is 3.74. The highest BCUT2D eigenvalue weighted by atomic mass is 32.1. The lowest BCUT2D eigenvalue weighted by Crippen LogP contribution is -2.21. The Hall–Kier alpha value is -4.46. The molecule has 0 saturated heterocycles. The van der Waals surface area contributed by atoms with Crippen molar-refractivity contribution in [2.75, 3.05) is 18.0 Å². The number of aryl methyl sites for hydroxylation is 1. The van der Waals surface area contributed by atoms with E-state index in [1.807, 2.05) is 60.7 Å². The molecule has 45 heavy (non-hydrogen) atoms. The van der Waals surface area contributed by atoms with Crippen molar-refractivity contribution >= 4 is 61.1 Å². The van der Waals surface area contributed by atoms with Crippen molar-refractivity contribution < 1.29 is 8.83 Å². The van der Waals surface area contributed by atoms with Gasteiger partial charge in [-0.05, 0) is 86.2 Å². The molecule has 4 heterocycles. The Kier molecular flexibility index (Phi) is 7.90. The normalized spacial score (nSPS) is 11.6. The minimum atomic E-state index is -0.349. The molecule has 0 radical (unpaired) electrons. The first kappa shape index (κ1) is 29.3. The fraction of sp³-hybridized carbons (Fsp3) is 0.211. The molecule has 7 rings (SSSR count). The molecular weight excluding hydrogens is 599 g/mol. The molecular formula is C38H33NO4S2. The van der Waals surface area contributed by atoms with Crippen molar-refractivity contribution in [1.82, 2.24) is 0 Å². The van der Waals surface area contributed by atoms with E-state index in [1.54, 1.807) is 22.7 Å². The van der Waals surface area contributed by atoms with Gasteiger partial charge < -0.3 is 13.7 Å². The maximum Gasteiger partial charge on any atom is 0.345 e. The molecule has 7 heteroatoms. The number of nitrogens with zero attached hydrogens (tertiary/aromatic N) is 1. The van der Waals surface area contributed by atoms with Gasteiger partial charge in [-0.3, -0.25) is 0 Å². The minimum absolute atomic E-state index is 0.341. The molecule has 0 saturated carbocycles. The highest BCUT2D eigenvalue weighted by Gasteiger charge is 2.17. The number of hydrogen-bond acceptors (Lipinski definition) is 7. The monoisotopic (exact) mass is 631 g/mol. The van der Waals surface area contributed by atoms with E-state index in [-0.39, 0.29) is 11.3 Å². The van der Waals surface area contributed by atoms with Crippen molar-refractivity contribution in [2.24, 2.45) is 0 Å². The van der Waals surface area contributed by atoms with E-state index in [0.29, 0.717) is 22.3 Å². The Morgan fingerprint density at radius 3 is 1.98 bits per heavy atom. The van der Waals surface area contributed by atoms with Crippen LogP contribution in [0.3, 0.4) is 0 Å². The molecule has 226 valence electrons. The van der Waals surface area contributed by atoms with Gasteiger partial charge in [-0.1, -0.05) is 43.7 Å². The topological polar surface area (TPSA) is 63.7 Å². The van der Waals surface area contributed by atoms with Crippen LogP contribution in [0.1, 0.15) is 39.2 Å². The maximum atomic E-state index is 13.3. The van der Waals surface area contributed by atoms with Gasteiger partial charge in [0.05, 0.1) is 11.1 Å². The highest BCUT2D eigenvalue weighted by molar-refractivity contribution is 7.25. The van der Waals surface area contributed by atoms with E-state index in [4.69, 9.17) is 8.83 Å². The van der Waals surface area contributed by atoms with Crippen LogP contribution in [-0.4, -0.2) is 13.1 Å². The fourth-order valence-electron chi connectivity index (χ4n) is 6.05. The number of thiophene rings is 2. The highest BCUT2D eigenvalue weighted by Crippen LogP contribution is 2.40. The number of fused-ring (bicyclic) bond motifs is 4. The van der Waals surface area contributed by atoms with Gasteiger partial charge in [0.1, 0.15) is 11.2 Å². The quantitative estimate of drug-likeness (QED) is 0.117. The van der Waals surface area contributed by atoms with Crippen LogP contribution in [0.5, 0.6) is 0 Å². The van der Waals surface area contributed by atoms with Crippen LogP contribution in [0.25, 0.3) is 63.3 Å². The number of benzene rings is 3. The molecule has 0 spiro atoms. The summed E-state index contributed by atoms with van der Waals surface area (Å²) in [6.45, 7) is 8.19. The van der Waals surface area contributed by atoms with Crippen LogP contribution < -0.4 is 16.2 Å². The van der Waals surface area contributed by atoms with Gasteiger partial charge in [0.2, 0.25) is 0 Å². The van der Waals surface area contributed by atoms with Crippen LogP contribution in [0.4, 0.5) is 5.69 Å². The second-order valence-electron chi connectivity index (χ2n) is 11.2. The van der Waals surface area contributed by atoms with Crippen molar-refractivity contribution in [1.29, 1.82) is 0 Å². The van der Waals surface area contributed by atoms with E-state index in [9.17, 15) is 9.59 Å². The second kappa shape index (κ2) is 12.1. The first-order valence-electron chi connectivity index (χ1n) is 15.5. The molecule has 0 N–H and O–H groups in total. The summed E-state index contributed by atoms with van der Waals surface area (Å²) in [5.41, 5.74) is 3.96. The Bertz CT molecular complexity index is 2300. The maximum absolute atomic E-state index is 13.3. The Balaban J connectivity index is 1.20. The number of anilines is 1. The molecule has 0 amide bonds. The van der Waals surface area contributed by atoms with Crippen LogP contribution in [0.15, 0.2) is 103 Å². The molecule has 0 atom stereocenters. The minimum Gasteiger partial charge on any atom is -0.422 e. The third kappa shape index (κ3) is 5.40. The van der Waals surface area contributed by atoms with Crippen molar-refractivity contribution in [3.63, 3.8) is 0 Å². The zero-order valence-electron chi connectivity index (χ0n) is 25.5. The summed E-state index contributed by atoms with van der Waals surface area (Å²) in [6, 6.07) is 28.3. The molecule has 4 aromatic heterocycles. The van der Waals surface area contributed by atoms with E-state index in [1.165, 1.54) is 5.56 Å². The van der Waals surface area contributed by atoms with Crippen molar-refractivity contribution in [3.8, 4) is 30.6 Å². The van der Waals surface area contributed by atoms with E-state index < -0.39 is 0 Å². The van der Waals surface area contributed by atoms with Crippen LogP contribution in [0.2, 0.25) is 0 Å². The molecule has 0 aliphatic carbocycles. The molecule has 5 nitrogen and oxygen atoms in total. The average molecular weight is 632 g/mol. The summed E-state index contributed by atoms with van der Waals surface area (Å²) < 4.78 is 11.8. The number of unbranched alkanes of at least 4 members (excludes halogenated alkanes) is 1. The number of rotatable bonds is 9. The standard InChI is InChI=1S/C38H33NO4S2/c1-4-7-9-23-10-8-11-28-27(23)15-13-25-21-30(38(41)43-36(25)28)33-17-19-35(45-33)34-18-16-32(44-34)29-20-24-12-14-26(39(5-2)6-3)22-31(24)42-37(29)40/h8,10-22H,4-7,9H2,1-3H3. The van der Waals surface area contributed by atoms with E-state index in [2.05, 4.69) is 49.9 Å². The Labute approximate surface area is 269 Å². The van der Waals surface area contributed by atoms with Gasteiger partial charge in [0, 0.05) is 60.5 Å². The van der Waals surface area contributed by atoms with Gasteiger partial charge in [-0.25, -0.2) is 9.59 Å². The summed E-state index contributed by atoms with van der Waals surface area (Å²) in [6.07, 6.45) is 3.27. The van der Waals surface area contributed by atoms with Gasteiger partial charge in [0.15, 0.2) is 0 Å². The lowest BCUT2D eigenvalue weighted by atomic mass is 9.98. The molecule has 0 bridgehead atoms. The lowest BCUT2D eigenvalue weighted by Gasteiger charge is -2.20. The van der Waals surface area contributed by atoms with E-state index >= 15 is 0 Å². The molecule has 0 unspecified atom stereocenters. The first-order chi connectivity index (χ1) is 22.0.